The van der Waals surface area contributed by atoms with Crippen LogP contribution in [0.2, 0.25) is 0 Å². The van der Waals surface area contributed by atoms with Crippen molar-refractivity contribution in [1.29, 1.82) is 0 Å². The van der Waals surface area contributed by atoms with Crippen molar-refractivity contribution in [2.75, 3.05) is 25.4 Å². The first-order chi connectivity index (χ1) is 10.3. The molecule has 2 N–H and O–H groups in total. The van der Waals surface area contributed by atoms with Gasteiger partial charge in [-0.15, -0.1) is 0 Å². The van der Waals surface area contributed by atoms with Crippen LogP contribution in [0.1, 0.15) is 18.9 Å². The Hall–Kier alpha value is -2.00. The monoisotopic (exact) mass is 284 g/mol. The summed E-state index contributed by atoms with van der Waals surface area (Å²) in [4.78, 5) is 2.38. The van der Waals surface area contributed by atoms with Gasteiger partial charge in [-0.25, -0.2) is 0 Å². The summed E-state index contributed by atoms with van der Waals surface area (Å²) in [6.45, 7) is 5.71. The fraction of sp³-hybridized carbons (Fsp3) is 0.333. The highest BCUT2D eigenvalue weighted by Crippen LogP contribution is 2.14. The first-order valence-corrected chi connectivity index (χ1v) is 7.53. The maximum Gasteiger partial charge on any atom is 0.119 e. The fourth-order valence-corrected chi connectivity index (χ4v) is 2.31. The van der Waals surface area contributed by atoms with E-state index in [2.05, 4.69) is 17.9 Å². The van der Waals surface area contributed by atoms with Crippen LogP contribution in [-0.2, 0) is 6.54 Å². The number of para-hydroxylation sites is 2. The zero-order valence-corrected chi connectivity index (χ0v) is 12.7. The summed E-state index contributed by atoms with van der Waals surface area (Å²) in [5, 5.41) is 0. The number of nitrogen functional groups attached to an aromatic ring is 1. The Morgan fingerprint density at radius 2 is 1.67 bits per heavy atom. The molecule has 112 valence electrons. The smallest absolute Gasteiger partial charge is 0.119 e. The summed E-state index contributed by atoms with van der Waals surface area (Å²) in [5.74, 6) is 0.924. The van der Waals surface area contributed by atoms with Gasteiger partial charge >= 0.3 is 0 Å². The normalized spacial score (nSPS) is 10.8. The number of nitrogens with zero attached hydrogens (tertiary/aromatic N) is 1. The molecule has 0 aliphatic carbocycles. The lowest BCUT2D eigenvalue weighted by atomic mass is 10.1. The highest BCUT2D eigenvalue weighted by molar-refractivity contribution is 5.46. The molecule has 21 heavy (non-hydrogen) atoms. The van der Waals surface area contributed by atoms with Crippen LogP contribution in [0.25, 0.3) is 0 Å². The molecule has 3 heteroatoms. The minimum Gasteiger partial charge on any atom is -0.492 e. The average molecular weight is 284 g/mol. The number of nitrogens with two attached hydrogens (primary N) is 1. The molecule has 0 radical (unpaired) electrons. The molecule has 0 spiro atoms. The molecule has 3 nitrogen and oxygen atoms in total. The molecule has 0 aromatic heterocycles. The summed E-state index contributed by atoms with van der Waals surface area (Å²) in [7, 11) is 0. The molecular formula is C18H24N2O. The second-order valence-corrected chi connectivity index (χ2v) is 5.14. The van der Waals surface area contributed by atoms with Crippen LogP contribution in [0.15, 0.2) is 54.6 Å². The molecule has 2 rings (SSSR count). The minimum absolute atomic E-state index is 0.691. The van der Waals surface area contributed by atoms with E-state index < -0.39 is 0 Å². The SMILES string of the molecule is CCCN(CCOc1ccccc1)Cc1ccccc1N. The Labute approximate surface area is 127 Å². The van der Waals surface area contributed by atoms with Crippen LogP contribution in [0.5, 0.6) is 5.75 Å². The van der Waals surface area contributed by atoms with E-state index in [4.69, 9.17) is 10.5 Å². The predicted molar refractivity (Wildman–Crippen MR) is 88.4 cm³/mol. The van der Waals surface area contributed by atoms with E-state index in [9.17, 15) is 0 Å². The standard InChI is InChI=1S/C18H24N2O/c1-2-12-20(15-16-8-6-7-11-18(16)19)13-14-21-17-9-4-3-5-10-17/h3-11H,2,12-15,19H2,1H3. The molecule has 0 unspecified atom stereocenters. The molecule has 0 saturated heterocycles. The topological polar surface area (TPSA) is 38.5 Å². The lowest BCUT2D eigenvalue weighted by molar-refractivity contribution is 0.203. The quantitative estimate of drug-likeness (QED) is 0.753. The van der Waals surface area contributed by atoms with E-state index in [1.807, 2.05) is 48.5 Å². The van der Waals surface area contributed by atoms with Crippen molar-refractivity contribution in [2.24, 2.45) is 0 Å². The van der Waals surface area contributed by atoms with Gasteiger partial charge in [-0.3, -0.25) is 4.90 Å². The predicted octanol–water partition coefficient (Wildman–Crippen LogP) is 3.56. The van der Waals surface area contributed by atoms with Gasteiger partial charge in [0.15, 0.2) is 0 Å². The van der Waals surface area contributed by atoms with Crippen LogP contribution in [0.4, 0.5) is 5.69 Å². The summed E-state index contributed by atoms with van der Waals surface area (Å²) in [6, 6.07) is 18.0. The maximum atomic E-state index is 6.03. The van der Waals surface area contributed by atoms with Crippen LogP contribution >= 0.6 is 0 Å². The molecule has 0 bridgehead atoms. The van der Waals surface area contributed by atoms with Gasteiger partial charge < -0.3 is 10.5 Å². The summed E-state index contributed by atoms with van der Waals surface area (Å²) in [6.07, 6.45) is 1.12. The molecule has 0 amide bonds. The van der Waals surface area contributed by atoms with E-state index >= 15 is 0 Å². The fourth-order valence-electron chi connectivity index (χ4n) is 2.31. The zero-order valence-electron chi connectivity index (χ0n) is 12.7. The number of benzene rings is 2. The second kappa shape index (κ2) is 8.32. The number of rotatable bonds is 8. The third-order valence-corrected chi connectivity index (χ3v) is 3.41. The number of hydrogen-bond donors (Lipinski definition) is 1. The van der Waals surface area contributed by atoms with E-state index in [1.54, 1.807) is 0 Å². The molecule has 0 atom stereocenters. The lowest BCUT2D eigenvalue weighted by Gasteiger charge is -2.22. The highest BCUT2D eigenvalue weighted by atomic mass is 16.5. The Morgan fingerprint density at radius 3 is 2.38 bits per heavy atom. The summed E-state index contributed by atoms with van der Waals surface area (Å²) >= 11 is 0. The van der Waals surface area contributed by atoms with Gasteiger partial charge in [-0.05, 0) is 36.7 Å². The van der Waals surface area contributed by atoms with E-state index in [0.717, 1.165) is 37.5 Å². The molecular weight excluding hydrogens is 260 g/mol. The van der Waals surface area contributed by atoms with E-state index in [-0.39, 0.29) is 0 Å². The minimum atomic E-state index is 0.691. The molecule has 0 heterocycles. The number of anilines is 1. The van der Waals surface area contributed by atoms with Gasteiger partial charge in [0.2, 0.25) is 0 Å². The van der Waals surface area contributed by atoms with Crippen molar-refractivity contribution in [1.82, 2.24) is 4.90 Å². The Balaban J connectivity index is 1.86. The molecule has 2 aromatic carbocycles. The maximum absolute atomic E-state index is 6.03. The van der Waals surface area contributed by atoms with Crippen molar-refractivity contribution in [3.63, 3.8) is 0 Å². The van der Waals surface area contributed by atoms with Gasteiger partial charge in [0.25, 0.3) is 0 Å². The average Bonchev–Trinajstić information content (AvgIpc) is 2.51. The van der Waals surface area contributed by atoms with Crippen molar-refractivity contribution < 1.29 is 4.74 Å². The van der Waals surface area contributed by atoms with Crippen molar-refractivity contribution >= 4 is 5.69 Å². The van der Waals surface area contributed by atoms with Crippen molar-refractivity contribution in [2.45, 2.75) is 19.9 Å². The van der Waals surface area contributed by atoms with E-state index in [0.29, 0.717) is 6.61 Å². The Bertz CT molecular complexity index is 528. The van der Waals surface area contributed by atoms with Gasteiger partial charge in [0.05, 0.1) is 0 Å². The number of ether oxygens (including phenoxy) is 1. The van der Waals surface area contributed by atoms with Crippen LogP contribution < -0.4 is 10.5 Å². The Morgan fingerprint density at radius 1 is 0.952 bits per heavy atom. The van der Waals surface area contributed by atoms with Crippen LogP contribution in [-0.4, -0.2) is 24.6 Å². The van der Waals surface area contributed by atoms with Crippen LogP contribution in [0.3, 0.4) is 0 Å². The third-order valence-electron chi connectivity index (χ3n) is 3.41. The number of hydrogen-bond acceptors (Lipinski definition) is 3. The summed E-state index contributed by atoms with van der Waals surface area (Å²) < 4.78 is 5.78. The highest BCUT2D eigenvalue weighted by Gasteiger charge is 2.07. The molecule has 2 aromatic rings. The Kier molecular flexibility index (Phi) is 6.10. The van der Waals surface area contributed by atoms with Crippen molar-refractivity contribution in [3.05, 3.63) is 60.2 Å². The van der Waals surface area contributed by atoms with Gasteiger partial charge in [0.1, 0.15) is 12.4 Å². The molecule has 0 aliphatic rings. The first kappa shape index (κ1) is 15.4. The molecule has 0 fully saturated rings. The largest absolute Gasteiger partial charge is 0.492 e. The van der Waals surface area contributed by atoms with Gasteiger partial charge in [-0.1, -0.05) is 43.3 Å². The zero-order chi connectivity index (χ0) is 14.9. The molecule has 0 aliphatic heterocycles. The van der Waals surface area contributed by atoms with Crippen LogP contribution in [0, 0.1) is 0 Å². The van der Waals surface area contributed by atoms with E-state index in [1.165, 1.54) is 5.56 Å². The third kappa shape index (κ3) is 5.12. The lowest BCUT2D eigenvalue weighted by Crippen LogP contribution is -2.29. The first-order valence-electron chi connectivity index (χ1n) is 7.53. The van der Waals surface area contributed by atoms with Crippen molar-refractivity contribution in [3.8, 4) is 5.75 Å². The molecule has 0 saturated carbocycles. The summed E-state index contributed by atoms with van der Waals surface area (Å²) in [5.41, 5.74) is 8.08. The second-order valence-electron chi connectivity index (χ2n) is 5.14. The van der Waals surface area contributed by atoms with Gasteiger partial charge in [-0.2, -0.15) is 0 Å². The van der Waals surface area contributed by atoms with Gasteiger partial charge in [0, 0.05) is 18.8 Å².